The Morgan fingerprint density at radius 3 is 2.25 bits per heavy atom. The predicted octanol–water partition coefficient (Wildman–Crippen LogP) is 4.93. The summed E-state index contributed by atoms with van der Waals surface area (Å²) in [6, 6.07) is 14.3. The summed E-state index contributed by atoms with van der Waals surface area (Å²) in [4.78, 5) is 23.9. The number of nitrogens with one attached hydrogen (secondary N) is 2. The van der Waals surface area contributed by atoms with E-state index in [0.29, 0.717) is 5.56 Å². The van der Waals surface area contributed by atoms with Crippen molar-refractivity contribution in [2.75, 3.05) is 0 Å². The SMILES string of the molecule is C[C@@H](NC(=O)C1(NC(=O)C(F)(F)F)CC1)c1ccc(-c2cccc(F)c2OS(=O)(=O)Cc2ccccc2)cc1F. The number of rotatable bonds is 9. The number of halogens is 5. The number of carbonyl (C=O) groups is 2. The molecule has 4 rings (SSSR count). The van der Waals surface area contributed by atoms with Gasteiger partial charge in [-0.1, -0.05) is 54.6 Å². The lowest BCUT2D eigenvalue weighted by Crippen LogP contribution is -2.53. The molecule has 0 saturated heterocycles. The summed E-state index contributed by atoms with van der Waals surface area (Å²) < 4.78 is 98.1. The normalized spacial score (nSPS) is 15.2. The lowest BCUT2D eigenvalue weighted by Gasteiger charge is -2.22. The van der Waals surface area contributed by atoms with Crippen LogP contribution in [0.25, 0.3) is 11.1 Å². The van der Waals surface area contributed by atoms with Crippen molar-refractivity contribution < 1.29 is 44.1 Å². The fourth-order valence-electron chi connectivity index (χ4n) is 4.04. The molecule has 13 heteroatoms. The molecule has 40 heavy (non-hydrogen) atoms. The van der Waals surface area contributed by atoms with E-state index in [0.717, 1.165) is 12.1 Å². The second-order valence-electron chi connectivity index (χ2n) is 9.35. The van der Waals surface area contributed by atoms with Crippen molar-refractivity contribution in [1.82, 2.24) is 10.6 Å². The minimum absolute atomic E-state index is 0.00960. The van der Waals surface area contributed by atoms with Crippen molar-refractivity contribution in [2.24, 2.45) is 0 Å². The lowest BCUT2D eigenvalue weighted by molar-refractivity contribution is -0.175. The molecule has 0 spiro atoms. The van der Waals surface area contributed by atoms with E-state index < -0.39 is 62.8 Å². The van der Waals surface area contributed by atoms with Crippen LogP contribution in [-0.4, -0.2) is 31.9 Å². The molecule has 7 nitrogen and oxygen atoms in total. The Bertz CT molecular complexity index is 1540. The Balaban J connectivity index is 1.53. The van der Waals surface area contributed by atoms with Gasteiger partial charge in [-0.05, 0) is 43.0 Å². The van der Waals surface area contributed by atoms with Gasteiger partial charge in [0, 0.05) is 11.1 Å². The van der Waals surface area contributed by atoms with Gasteiger partial charge in [0.15, 0.2) is 11.6 Å². The zero-order valence-corrected chi connectivity index (χ0v) is 21.7. The molecule has 1 aliphatic rings. The summed E-state index contributed by atoms with van der Waals surface area (Å²) in [7, 11) is -4.29. The van der Waals surface area contributed by atoms with Crippen LogP contribution in [0.4, 0.5) is 22.0 Å². The molecule has 1 aliphatic carbocycles. The molecule has 0 aliphatic heterocycles. The number of hydrogen-bond acceptors (Lipinski definition) is 5. The molecule has 3 aromatic carbocycles. The Morgan fingerprint density at radius 1 is 0.975 bits per heavy atom. The standard InChI is InChI=1S/C27H23F5N2O5S/c1-16(33-24(35)26(12-13-26)34-25(36)27(30,31)32)19-11-10-18(14-22(19)29)20-8-5-9-21(28)23(20)39-40(37,38)15-17-6-3-2-4-7-17/h2-11,14,16H,12-13,15H2,1H3,(H,33,35)(H,34,36)/t16-/m1/s1. The summed E-state index contributed by atoms with van der Waals surface area (Å²) in [6.45, 7) is 1.39. The monoisotopic (exact) mass is 582 g/mol. The Kier molecular flexibility index (Phi) is 7.88. The average Bonchev–Trinajstić information content (AvgIpc) is 3.65. The first-order valence-corrected chi connectivity index (χ1v) is 13.5. The van der Waals surface area contributed by atoms with Crippen molar-refractivity contribution in [2.45, 2.75) is 43.3 Å². The van der Waals surface area contributed by atoms with Crippen molar-refractivity contribution >= 4 is 21.9 Å². The van der Waals surface area contributed by atoms with Crippen LogP contribution in [-0.2, 0) is 25.5 Å². The molecule has 2 N–H and O–H groups in total. The van der Waals surface area contributed by atoms with E-state index in [9.17, 15) is 35.6 Å². The number of benzene rings is 3. The molecule has 1 atom stereocenters. The number of amides is 2. The van der Waals surface area contributed by atoms with Gasteiger partial charge >= 0.3 is 22.2 Å². The van der Waals surface area contributed by atoms with Crippen molar-refractivity contribution in [1.29, 1.82) is 0 Å². The molecule has 3 aromatic rings. The van der Waals surface area contributed by atoms with Gasteiger partial charge in [-0.3, -0.25) is 9.59 Å². The fraction of sp³-hybridized carbons (Fsp3) is 0.259. The van der Waals surface area contributed by atoms with Gasteiger partial charge in [-0.15, -0.1) is 0 Å². The second kappa shape index (κ2) is 10.9. The molecule has 212 valence electrons. The van der Waals surface area contributed by atoms with Crippen LogP contribution in [0.15, 0.2) is 66.7 Å². The third-order valence-corrected chi connectivity index (χ3v) is 7.39. The zero-order valence-electron chi connectivity index (χ0n) is 20.9. The number of carbonyl (C=O) groups excluding carboxylic acids is 2. The maximum atomic E-state index is 15.2. The van der Waals surface area contributed by atoms with E-state index in [1.165, 1.54) is 31.2 Å². The maximum Gasteiger partial charge on any atom is 0.471 e. The van der Waals surface area contributed by atoms with Gasteiger partial charge in [-0.2, -0.15) is 21.6 Å². The average molecular weight is 583 g/mol. The highest BCUT2D eigenvalue weighted by Crippen LogP contribution is 2.38. The highest BCUT2D eigenvalue weighted by molar-refractivity contribution is 7.86. The van der Waals surface area contributed by atoms with Crippen LogP contribution in [0.5, 0.6) is 5.75 Å². The van der Waals surface area contributed by atoms with E-state index >= 15 is 4.39 Å². The third kappa shape index (κ3) is 6.58. The quantitative estimate of drug-likeness (QED) is 0.275. The summed E-state index contributed by atoms with van der Waals surface area (Å²) >= 11 is 0. The first kappa shape index (κ1) is 29.0. The largest absolute Gasteiger partial charge is 0.471 e. The number of hydrogen-bond donors (Lipinski definition) is 2. The number of alkyl halides is 3. The van der Waals surface area contributed by atoms with Gasteiger partial charge in [0.1, 0.15) is 17.1 Å². The van der Waals surface area contributed by atoms with Crippen LogP contribution >= 0.6 is 0 Å². The molecule has 1 saturated carbocycles. The van der Waals surface area contributed by atoms with Gasteiger partial charge in [0.2, 0.25) is 5.91 Å². The minimum Gasteiger partial charge on any atom is -0.378 e. The summed E-state index contributed by atoms with van der Waals surface area (Å²) in [5.41, 5.74) is -1.34. The highest BCUT2D eigenvalue weighted by atomic mass is 32.2. The van der Waals surface area contributed by atoms with Gasteiger partial charge < -0.3 is 14.8 Å². The molecule has 0 heterocycles. The van der Waals surface area contributed by atoms with Crippen LogP contribution in [0.3, 0.4) is 0 Å². The minimum atomic E-state index is -5.16. The Morgan fingerprint density at radius 2 is 1.65 bits per heavy atom. The summed E-state index contributed by atoms with van der Waals surface area (Å²) in [6.07, 6.45) is -5.18. The fourth-order valence-corrected chi connectivity index (χ4v) is 5.12. The van der Waals surface area contributed by atoms with E-state index in [-0.39, 0.29) is 29.5 Å². The van der Waals surface area contributed by atoms with Crippen molar-refractivity contribution in [3.05, 3.63) is 89.5 Å². The second-order valence-corrected chi connectivity index (χ2v) is 10.9. The topological polar surface area (TPSA) is 102 Å². The van der Waals surface area contributed by atoms with E-state index in [2.05, 4.69) is 5.32 Å². The van der Waals surface area contributed by atoms with Gasteiger partial charge in [-0.25, -0.2) is 8.78 Å². The molecule has 0 radical (unpaired) electrons. The van der Waals surface area contributed by atoms with E-state index in [1.807, 2.05) is 0 Å². The first-order chi connectivity index (χ1) is 18.7. The van der Waals surface area contributed by atoms with Crippen molar-refractivity contribution in [3.8, 4) is 16.9 Å². The summed E-state index contributed by atoms with van der Waals surface area (Å²) in [5.74, 6) is -6.15. The molecule has 1 fully saturated rings. The van der Waals surface area contributed by atoms with E-state index in [1.54, 1.807) is 35.6 Å². The van der Waals surface area contributed by atoms with Crippen LogP contribution in [0.1, 0.15) is 36.9 Å². The number of para-hydroxylation sites is 1. The summed E-state index contributed by atoms with van der Waals surface area (Å²) in [5, 5.41) is 4.09. The predicted molar refractivity (Wildman–Crippen MR) is 134 cm³/mol. The molecule has 2 amide bonds. The van der Waals surface area contributed by atoms with E-state index in [4.69, 9.17) is 4.18 Å². The van der Waals surface area contributed by atoms with Crippen molar-refractivity contribution in [3.63, 3.8) is 0 Å². The molecular weight excluding hydrogens is 559 g/mol. The maximum absolute atomic E-state index is 15.2. The first-order valence-electron chi connectivity index (χ1n) is 12.0. The smallest absolute Gasteiger partial charge is 0.378 e. The Labute approximate surface area is 226 Å². The highest BCUT2D eigenvalue weighted by Gasteiger charge is 2.55. The van der Waals surface area contributed by atoms with Crippen LogP contribution in [0, 0.1) is 11.6 Å². The van der Waals surface area contributed by atoms with Crippen LogP contribution in [0.2, 0.25) is 0 Å². The lowest BCUT2D eigenvalue weighted by atomic mass is 9.99. The molecule has 0 aromatic heterocycles. The van der Waals surface area contributed by atoms with Gasteiger partial charge in [0.25, 0.3) is 0 Å². The third-order valence-electron chi connectivity index (χ3n) is 6.28. The Hall–Kier alpha value is -4.00. The van der Waals surface area contributed by atoms with Crippen LogP contribution < -0.4 is 14.8 Å². The molecular formula is C27H23F5N2O5S. The molecule has 0 unspecified atom stereocenters. The molecule has 0 bridgehead atoms. The van der Waals surface area contributed by atoms with Gasteiger partial charge in [0.05, 0.1) is 6.04 Å². The zero-order chi connectivity index (χ0) is 29.3.